The molecule has 104 valence electrons. The number of pyridine rings is 1. The summed E-state index contributed by atoms with van der Waals surface area (Å²) in [7, 11) is 1.41. The lowest BCUT2D eigenvalue weighted by Crippen LogP contribution is -2.29. The van der Waals surface area contributed by atoms with Crippen molar-refractivity contribution >= 4 is 5.97 Å². The second-order valence-electron chi connectivity index (χ2n) is 4.57. The van der Waals surface area contributed by atoms with Gasteiger partial charge in [-0.1, -0.05) is 36.4 Å². The molecule has 0 atom stereocenters. The molecule has 1 aromatic heterocycles. The molecule has 0 unspecified atom stereocenters. The zero-order chi connectivity index (χ0) is 14.2. The number of carbonyl (C=O) groups excluding carboxylic acids is 1. The van der Waals surface area contributed by atoms with Gasteiger partial charge >= 0.3 is 5.97 Å². The summed E-state index contributed by atoms with van der Waals surface area (Å²) < 4.78 is 4.76. The molecule has 4 nitrogen and oxygen atoms in total. The quantitative estimate of drug-likeness (QED) is 0.755. The van der Waals surface area contributed by atoms with E-state index in [1.54, 1.807) is 6.20 Å². The van der Waals surface area contributed by atoms with Crippen LogP contribution in [0.15, 0.2) is 54.9 Å². The van der Waals surface area contributed by atoms with E-state index in [9.17, 15) is 4.79 Å². The lowest BCUT2D eigenvalue weighted by molar-refractivity contribution is -0.142. The van der Waals surface area contributed by atoms with Crippen molar-refractivity contribution in [1.82, 2.24) is 9.88 Å². The number of esters is 1. The third-order valence-corrected chi connectivity index (χ3v) is 2.96. The van der Waals surface area contributed by atoms with Crippen molar-refractivity contribution < 1.29 is 9.53 Å². The van der Waals surface area contributed by atoms with E-state index in [-0.39, 0.29) is 12.5 Å². The molecule has 0 saturated heterocycles. The summed E-state index contributed by atoms with van der Waals surface area (Å²) in [5.41, 5.74) is 2.24. The first kappa shape index (κ1) is 14.2. The standard InChI is InChI=1S/C16H18N2O2/c1-20-16(19)13-18(11-14-6-3-2-4-7-14)12-15-8-5-9-17-10-15/h2-10H,11-13H2,1H3. The van der Waals surface area contributed by atoms with Crippen LogP contribution in [-0.2, 0) is 22.6 Å². The highest BCUT2D eigenvalue weighted by Crippen LogP contribution is 2.09. The highest BCUT2D eigenvalue weighted by Gasteiger charge is 2.12. The monoisotopic (exact) mass is 270 g/mol. The summed E-state index contributed by atoms with van der Waals surface area (Å²) in [6.45, 7) is 1.63. The molecule has 0 saturated carbocycles. The maximum atomic E-state index is 11.5. The molecule has 1 heterocycles. The van der Waals surface area contributed by atoms with Gasteiger partial charge in [-0.15, -0.1) is 0 Å². The van der Waals surface area contributed by atoms with Crippen LogP contribution in [0.25, 0.3) is 0 Å². The zero-order valence-electron chi connectivity index (χ0n) is 11.5. The highest BCUT2D eigenvalue weighted by atomic mass is 16.5. The van der Waals surface area contributed by atoms with Gasteiger partial charge in [0.1, 0.15) is 0 Å². The number of aromatic nitrogens is 1. The Morgan fingerprint density at radius 1 is 1.10 bits per heavy atom. The molecule has 0 bridgehead atoms. The minimum absolute atomic E-state index is 0.232. The van der Waals surface area contributed by atoms with Crippen LogP contribution in [0.2, 0.25) is 0 Å². The molecule has 4 heteroatoms. The van der Waals surface area contributed by atoms with Crippen LogP contribution in [0.3, 0.4) is 0 Å². The summed E-state index contributed by atoms with van der Waals surface area (Å²) in [5, 5.41) is 0. The minimum Gasteiger partial charge on any atom is -0.468 e. The third kappa shape index (κ3) is 4.48. The molecule has 20 heavy (non-hydrogen) atoms. The van der Waals surface area contributed by atoms with Crippen LogP contribution in [-0.4, -0.2) is 29.5 Å². The Labute approximate surface area is 119 Å². The lowest BCUT2D eigenvalue weighted by atomic mass is 10.2. The first-order valence-corrected chi connectivity index (χ1v) is 6.50. The van der Waals surface area contributed by atoms with Crippen LogP contribution in [0.5, 0.6) is 0 Å². The van der Waals surface area contributed by atoms with E-state index in [0.717, 1.165) is 5.56 Å². The number of carbonyl (C=O) groups is 1. The molecule has 2 rings (SSSR count). The number of benzene rings is 1. The Hall–Kier alpha value is -2.20. The molecule has 1 aromatic carbocycles. The number of rotatable bonds is 6. The summed E-state index contributed by atoms with van der Waals surface area (Å²) in [4.78, 5) is 17.7. The van der Waals surface area contributed by atoms with Crippen LogP contribution in [0.4, 0.5) is 0 Å². The van der Waals surface area contributed by atoms with Gasteiger partial charge in [0.05, 0.1) is 13.7 Å². The van der Waals surface area contributed by atoms with Crippen LogP contribution in [0.1, 0.15) is 11.1 Å². The van der Waals surface area contributed by atoms with Gasteiger partial charge in [-0.2, -0.15) is 0 Å². The van der Waals surface area contributed by atoms with E-state index in [1.807, 2.05) is 53.6 Å². The van der Waals surface area contributed by atoms with Gasteiger partial charge in [-0.3, -0.25) is 14.7 Å². The largest absolute Gasteiger partial charge is 0.468 e. The molecule has 0 spiro atoms. The first-order chi connectivity index (χ1) is 9.78. The Kier molecular flexibility index (Phi) is 5.26. The van der Waals surface area contributed by atoms with E-state index in [2.05, 4.69) is 4.98 Å². The molecule has 0 aliphatic rings. The van der Waals surface area contributed by atoms with Crippen LogP contribution < -0.4 is 0 Å². The zero-order valence-corrected chi connectivity index (χ0v) is 11.5. The van der Waals surface area contributed by atoms with Gasteiger partial charge < -0.3 is 4.74 Å². The predicted molar refractivity (Wildman–Crippen MR) is 76.8 cm³/mol. The van der Waals surface area contributed by atoms with Crippen molar-refractivity contribution in [3.63, 3.8) is 0 Å². The van der Waals surface area contributed by atoms with Gasteiger partial charge in [0.25, 0.3) is 0 Å². The van der Waals surface area contributed by atoms with Crippen LogP contribution >= 0.6 is 0 Å². The second kappa shape index (κ2) is 7.40. The van der Waals surface area contributed by atoms with Crippen molar-refractivity contribution in [2.75, 3.05) is 13.7 Å². The fraction of sp³-hybridized carbons (Fsp3) is 0.250. The molecule has 0 fully saturated rings. The van der Waals surface area contributed by atoms with Crippen LogP contribution in [0, 0.1) is 0 Å². The van der Waals surface area contributed by atoms with Gasteiger partial charge in [-0.05, 0) is 17.2 Å². The van der Waals surface area contributed by atoms with Gasteiger partial charge in [-0.25, -0.2) is 0 Å². The summed E-state index contributed by atoms with van der Waals surface area (Å²) in [6, 6.07) is 14.0. The molecule has 0 aliphatic heterocycles. The molecular weight excluding hydrogens is 252 g/mol. The highest BCUT2D eigenvalue weighted by molar-refractivity contribution is 5.71. The van der Waals surface area contributed by atoms with E-state index in [0.29, 0.717) is 13.1 Å². The minimum atomic E-state index is -0.232. The third-order valence-electron chi connectivity index (χ3n) is 2.96. The average Bonchev–Trinajstić information content (AvgIpc) is 2.49. The summed E-state index contributed by atoms with van der Waals surface area (Å²) >= 11 is 0. The maximum absolute atomic E-state index is 11.5. The molecule has 0 amide bonds. The average molecular weight is 270 g/mol. The fourth-order valence-corrected chi connectivity index (χ4v) is 2.01. The molecule has 0 N–H and O–H groups in total. The van der Waals surface area contributed by atoms with Gasteiger partial charge in [0.15, 0.2) is 0 Å². The Morgan fingerprint density at radius 2 is 1.80 bits per heavy atom. The van der Waals surface area contributed by atoms with Crippen molar-refractivity contribution in [2.24, 2.45) is 0 Å². The van der Waals surface area contributed by atoms with Crippen molar-refractivity contribution in [2.45, 2.75) is 13.1 Å². The molecule has 0 aliphatic carbocycles. The van der Waals surface area contributed by atoms with Crippen molar-refractivity contribution in [1.29, 1.82) is 0 Å². The predicted octanol–water partition coefficient (Wildman–Crippen LogP) is 2.26. The van der Waals surface area contributed by atoms with E-state index < -0.39 is 0 Å². The summed E-state index contributed by atoms with van der Waals surface area (Å²) in [5.74, 6) is -0.232. The normalized spacial score (nSPS) is 10.5. The van der Waals surface area contributed by atoms with Gasteiger partial charge in [0, 0.05) is 25.5 Å². The summed E-state index contributed by atoms with van der Waals surface area (Å²) in [6.07, 6.45) is 3.56. The van der Waals surface area contributed by atoms with Gasteiger partial charge in [0.2, 0.25) is 0 Å². The number of methoxy groups -OCH3 is 1. The first-order valence-electron chi connectivity index (χ1n) is 6.50. The topological polar surface area (TPSA) is 42.4 Å². The Morgan fingerprint density at radius 3 is 2.45 bits per heavy atom. The van der Waals surface area contributed by atoms with Crippen molar-refractivity contribution in [3.05, 3.63) is 66.0 Å². The maximum Gasteiger partial charge on any atom is 0.319 e. The molecule has 2 aromatic rings. The number of hydrogen-bond donors (Lipinski definition) is 0. The Bertz CT molecular complexity index is 487. The number of hydrogen-bond acceptors (Lipinski definition) is 4. The van der Waals surface area contributed by atoms with E-state index in [1.165, 1.54) is 12.7 Å². The second-order valence-corrected chi connectivity index (χ2v) is 4.57. The Balaban J connectivity index is 2.06. The van der Waals surface area contributed by atoms with Crippen molar-refractivity contribution in [3.8, 4) is 0 Å². The SMILES string of the molecule is COC(=O)CN(Cc1ccccc1)Cc1cccnc1. The fourth-order valence-electron chi connectivity index (χ4n) is 2.01. The lowest BCUT2D eigenvalue weighted by Gasteiger charge is -2.21. The smallest absolute Gasteiger partial charge is 0.319 e. The molecular formula is C16H18N2O2. The van der Waals surface area contributed by atoms with E-state index >= 15 is 0 Å². The molecule has 0 radical (unpaired) electrons. The van der Waals surface area contributed by atoms with E-state index in [4.69, 9.17) is 4.74 Å². The number of nitrogens with zero attached hydrogens (tertiary/aromatic N) is 2. The number of ether oxygens (including phenoxy) is 1.